The van der Waals surface area contributed by atoms with Gasteiger partial charge < -0.3 is 9.84 Å². The SMILES string of the molecule is O=C(O)C1C(COC23CC4CC(CC(C4)C2)C3)=NC(C2CCCCC2)N1OCc1ccccc1. The van der Waals surface area contributed by atoms with E-state index in [0.717, 1.165) is 55.4 Å². The predicted molar refractivity (Wildman–Crippen MR) is 129 cm³/mol. The predicted octanol–water partition coefficient (Wildman–Crippen LogP) is 5.22. The fourth-order valence-electron chi connectivity index (χ4n) is 8.02. The standard InChI is InChI=1S/C28H38N2O4/c31-27(32)25-24(18-33-28-14-20-11-21(15-28)13-22(12-20)16-28)29-26(23-9-5-2-6-10-23)30(25)34-17-19-7-3-1-4-8-19/h1,3-4,7-8,20-23,25-26H,2,5-6,9-18H2,(H,31,32). The molecule has 184 valence electrons. The Hall–Kier alpha value is -1.76. The smallest absolute Gasteiger partial charge is 0.329 e. The second-order valence-electron chi connectivity index (χ2n) is 11.7. The Morgan fingerprint density at radius 1 is 0.971 bits per heavy atom. The highest BCUT2D eigenvalue weighted by Gasteiger charge is 2.53. The van der Waals surface area contributed by atoms with Gasteiger partial charge in [-0.2, -0.15) is 0 Å². The molecule has 0 amide bonds. The molecule has 6 heteroatoms. The summed E-state index contributed by atoms with van der Waals surface area (Å²) in [4.78, 5) is 23.8. The summed E-state index contributed by atoms with van der Waals surface area (Å²) in [5.74, 6) is 1.84. The van der Waals surface area contributed by atoms with E-state index in [1.54, 1.807) is 5.06 Å². The van der Waals surface area contributed by atoms with Gasteiger partial charge in [0.2, 0.25) is 0 Å². The van der Waals surface area contributed by atoms with Gasteiger partial charge in [0, 0.05) is 0 Å². The lowest BCUT2D eigenvalue weighted by Gasteiger charge is -2.56. The zero-order valence-corrected chi connectivity index (χ0v) is 20.1. The molecule has 5 aliphatic carbocycles. The number of aliphatic imine (C=N–C) groups is 1. The molecular weight excluding hydrogens is 428 g/mol. The molecule has 1 aliphatic heterocycles. The van der Waals surface area contributed by atoms with Crippen LogP contribution in [0.4, 0.5) is 0 Å². The number of hydrogen-bond donors (Lipinski definition) is 1. The second kappa shape index (κ2) is 9.36. The van der Waals surface area contributed by atoms with E-state index in [4.69, 9.17) is 14.6 Å². The van der Waals surface area contributed by atoms with E-state index >= 15 is 0 Å². The zero-order valence-electron chi connectivity index (χ0n) is 20.1. The highest BCUT2D eigenvalue weighted by molar-refractivity contribution is 6.07. The van der Waals surface area contributed by atoms with Crippen LogP contribution in [-0.4, -0.2) is 46.3 Å². The fraction of sp³-hybridized carbons (Fsp3) is 0.714. The lowest BCUT2D eigenvalue weighted by atomic mass is 9.54. The fourth-order valence-corrected chi connectivity index (χ4v) is 8.02. The molecule has 34 heavy (non-hydrogen) atoms. The molecule has 1 heterocycles. The molecular formula is C28H38N2O4. The number of nitrogens with zero attached hydrogens (tertiary/aromatic N) is 2. The van der Waals surface area contributed by atoms with E-state index in [1.165, 1.54) is 38.5 Å². The van der Waals surface area contributed by atoms with Crippen molar-refractivity contribution in [2.24, 2.45) is 28.7 Å². The number of hydrogen-bond acceptors (Lipinski definition) is 5. The summed E-state index contributed by atoms with van der Waals surface area (Å²) in [6, 6.07) is 9.10. The number of carboxylic acid groups (broad SMARTS) is 1. The lowest BCUT2D eigenvalue weighted by Crippen LogP contribution is -2.53. The lowest BCUT2D eigenvalue weighted by molar-refractivity contribution is -0.217. The maximum Gasteiger partial charge on any atom is 0.329 e. The Labute approximate surface area is 202 Å². The van der Waals surface area contributed by atoms with Crippen molar-refractivity contribution in [3.05, 3.63) is 35.9 Å². The monoisotopic (exact) mass is 466 g/mol. The number of benzene rings is 1. The van der Waals surface area contributed by atoms with Gasteiger partial charge in [-0.05, 0) is 80.6 Å². The molecule has 5 saturated carbocycles. The van der Waals surface area contributed by atoms with E-state index in [2.05, 4.69) is 0 Å². The molecule has 2 atom stereocenters. The molecule has 5 fully saturated rings. The molecule has 0 radical (unpaired) electrons. The Morgan fingerprint density at radius 3 is 2.24 bits per heavy atom. The van der Waals surface area contributed by atoms with Gasteiger partial charge in [-0.25, -0.2) is 0 Å². The Morgan fingerprint density at radius 2 is 1.62 bits per heavy atom. The Bertz CT molecular complexity index is 875. The molecule has 0 saturated heterocycles. The summed E-state index contributed by atoms with van der Waals surface area (Å²) in [7, 11) is 0. The molecule has 6 nitrogen and oxygen atoms in total. The van der Waals surface area contributed by atoms with Crippen molar-refractivity contribution < 1.29 is 19.5 Å². The van der Waals surface area contributed by atoms with Gasteiger partial charge in [-0.3, -0.25) is 14.6 Å². The van der Waals surface area contributed by atoms with Crippen LogP contribution in [0.25, 0.3) is 0 Å². The number of rotatable bonds is 8. The van der Waals surface area contributed by atoms with Gasteiger partial charge in [-0.15, -0.1) is 5.06 Å². The molecule has 4 bridgehead atoms. The number of carbonyl (C=O) groups is 1. The highest BCUT2D eigenvalue weighted by atomic mass is 16.7. The van der Waals surface area contributed by atoms with E-state index in [0.29, 0.717) is 24.8 Å². The summed E-state index contributed by atoms with van der Waals surface area (Å²) in [6.45, 7) is 0.671. The van der Waals surface area contributed by atoms with Crippen LogP contribution in [0.1, 0.15) is 76.2 Å². The minimum atomic E-state index is -0.890. The number of carboxylic acids is 1. The molecule has 2 unspecified atom stereocenters. The minimum Gasteiger partial charge on any atom is -0.480 e. The van der Waals surface area contributed by atoms with Crippen molar-refractivity contribution in [2.45, 2.75) is 95.0 Å². The Balaban J connectivity index is 1.21. The highest BCUT2D eigenvalue weighted by Crippen LogP contribution is 2.57. The first-order valence-corrected chi connectivity index (χ1v) is 13.5. The van der Waals surface area contributed by atoms with Crippen LogP contribution in [0.15, 0.2) is 35.3 Å². The molecule has 6 aliphatic rings. The van der Waals surface area contributed by atoms with Crippen LogP contribution < -0.4 is 0 Å². The quantitative estimate of drug-likeness (QED) is 0.569. The van der Waals surface area contributed by atoms with E-state index in [1.807, 2.05) is 30.3 Å². The van der Waals surface area contributed by atoms with Crippen LogP contribution in [0.2, 0.25) is 0 Å². The van der Waals surface area contributed by atoms with E-state index in [9.17, 15) is 9.90 Å². The van der Waals surface area contributed by atoms with Gasteiger partial charge in [0.1, 0.15) is 6.17 Å². The third kappa shape index (κ3) is 4.45. The average molecular weight is 467 g/mol. The van der Waals surface area contributed by atoms with Gasteiger partial charge in [0.05, 0.1) is 24.5 Å². The summed E-state index contributed by atoms with van der Waals surface area (Å²) in [6.07, 6.45) is 13.1. The molecule has 1 aromatic carbocycles. The van der Waals surface area contributed by atoms with Crippen LogP contribution >= 0.6 is 0 Å². The molecule has 7 rings (SSSR count). The normalized spacial score (nSPS) is 37.8. The molecule has 1 aromatic rings. The number of ether oxygens (including phenoxy) is 1. The summed E-state index contributed by atoms with van der Waals surface area (Å²) < 4.78 is 6.68. The van der Waals surface area contributed by atoms with Gasteiger partial charge >= 0.3 is 5.97 Å². The maximum atomic E-state index is 12.5. The first-order chi connectivity index (χ1) is 16.6. The van der Waals surface area contributed by atoms with Crippen molar-refractivity contribution in [2.75, 3.05) is 6.61 Å². The minimum absolute atomic E-state index is 0.0566. The topological polar surface area (TPSA) is 71.4 Å². The average Bonchev–Trinajstić information content (AvgIpc) is 3.21. The van der Waals surface area contributed by atoms with Gasteiger partial charge in [0.15, 0.2) is 6.04 Å². The number of hydroxylamine groups is 2. The largest absolute Gasteiger partial charge is 0.480 e. The zero-order chi connectivity index (χ0) is 23.1. The van der Waals surface area contributed by atoms with Crippen molar-refractivity contribution in [1.82, 2.24) is 5.06 Å². The first-order valence-electron chi connectivity index (χ1n) is 13.5. The summed E-state index contributed by atoms with van der Waals surface area (Å²) in [5, 5.41) is 12.0. The van der Waals surface area contributed by atoms with Crippen molar-refractivity contribution in [3.8, 4) is 0 Å². The van der Waals surface area contributed by atoms with Crippen LogP contribution in [0.3, 0.4) is 0 Å². The third-order valence-electron chi connectivity index (χ3n) is 9.17. The van der Waals surface area contributed by atoms with Crippen molar-refractivity contribution >= 4 is 11.7 Å². The third-order valence-corrected chi connectivity index (χ3v) is 9.17. The summed E-state index contributed by atoms with van der Waals surface area (Å²) >= 11 is 0. The summed E-state index contributed by atoms with van der Waals surface area (Å²) in [5.41, 5.74) is 1.62. The first kappa shape index (κ1) is 22.7. The van der Waals surface area contributed by atoms with Crippen LogP contribution in [-0.2, 0) is 21.0 Å². The molecule has 0 spiro atoms. The van der Waals surface area contributed by atoms with E-state index in [-0.39, 0.29) is 11.8 Å². The van der Waals surface area contributed by atoms with Gasteiger partial charge in [-0.1, -0.05) is 49.6 Å². The molecule has 1 N–H and O–H groups in total. The molecule has 0 aromatic heterocycles. The van der Waals surface area contributed by atoms with Crippen LogP contribution in [0, 0.1) is 23.7 Å². The maximum absolute atomic E-state index is 12.5. The Kier molecular flexibility index (Phi) is 6.25. The van der Waals surface area contributed by atoms with Crippen molar-refractivity contribution in [3.63, 3.8) is 0 Å². The van der Waals surface area contributed by atoms with E-state index < -0.39 is 12.0 Å². The number of aliphatic carboxylic acids is 1. The second-order valence-corrected chi connectivity index (χ2v) is 11.7. The van der Waals surface area contributed by atoms with Gasteiger partial charge in [0.25, 0.3) is 0 Å². The van der Waals surface area contributed by atoms with Crippen molar-refractivity contribution in [1.29, 1.82) is 0 Å². The van der Waals surface area contributed by atoms with Crippen LogP contribution in [0.5, 0.6) is 0 Å².